The molecule has 0 saturated heterocycles. The largest absolute Gasteiger partial charge is 0.396 e. The molecule has 0 aliphatic carbocycles. The first-order valence-electron chi connectivity index (χ1n) is 6.45. The Morgan fingerprint density at radius 2 is 1.94 bits per heavy atom. The fourth-order valence-electron chi connectivity index (χ4n) is 2.09. The van der Waals surface area contributed by atoms with Crippen LogP contribution in [-0.2, 0) is 0 Å². The van der Waals surface area contributed by atoms with Crippen molar-refractivity contribution in [3.63, 3.8) is 0 Å². The molecule has 2 aromatic rings. The molecular formula is C15H20N2O. The third kappa shape index (κ3) is 2.79. The van der Waals surface area contributed by atoms with Crippen molar-refractivity contribution in [2.24, 2.45) is 0 Å². The van der Waals surface area contributed by atoms with Crippen molar-refractivity contribution in [3.05, 3.63) is 36.4 Å². The maximum absolute atomic E-state index is 8.97. The zero-order valence-electron chi connectivity index (χ0n) is 11.0. The topological polar surface area (TPSA) is 36.4 Å². The maximum Gasteiger partial charge on any atom is 0.129 e. The highest BCUT2D eigenvalue weighted by Gasteiger charge is 2.11. The second-order valence-electron chi connectivity index (χ2n) is 4.73. The van der Waals surface area contributed by atoms with Gasteiger partial charge in [-0.25, -0.2) is 4.98 Å². The molecule has 3 heteroatoms. The Labute approximate surface area is 108 Å². The molecule has 0 aliphatic heterocycles. The molecule has 0 fully saturated rings. The average Bonchev–Trinajstić information content (AvgIpc) is 2.38. The fraction of sp³-hybridized carbons (Fsp3) is 0.400. The number of aliphatic hydroxyl groups excluding tert-OH is 1. The van der Waals surface area contributed by atoms with Gasteiger partial charge in [0, 0.05) is 24.6 Å². The first-order valence-corrected chi connectivity index (χ1v) is 6.45. The smallest absolute Gasteiger partial charge is 0.129 e. The molecule has 0 radical (unpaired) electrons. The van der Waals surface area contributed by atoms with Crippen molar-refractivity contribution in [1.29, 1.82) is 0 Å². The van der Waals surface area contributed by atoms with Gasteiger partial charge in [-0.2, -0.15) is 0 Å². The van der Waals surface area contributed by atoms with Gasteiger partial charge < -0.3 is 10.0 Å². The van der Waals surface area contributed by atoms with E-state index in [2.05, 4.69) is 36.9 Å². The lowest BCUT2D eigenvalue weighted by molar-refractivity contribution is 0.288. The van der Waals surface area contributed by atoms with E-state index < -0.39 is 0 Å². The number of anilines is 1. The molecule has 0 spiro atoms. The normalized spacial score (nSPS) is 11.1. The lowest BCUT2D eigenvalue weighted by Crippen LogP contribution is -2.32. The molecule has 0 aliphatic rings. The molecule has 1 heterocycles. The zero-order valence-corrected chi connectivity index (χ0v) is 11.0. The number of aliphatic hydroxyl groups is 1. The van der Waals surface area contributed by atoms with Crippen LogP contribution >= 0.6 is 0 Å². The summed E-state index contributed by atoms with van der Waals surface area (Å²) in [5.74, 6) is 0.983. The number of benzene rings is 1. The Kier molecular flexibility index (Phi) is 4.15. The summed E-state index contributed by atoms with van der Waals surface area (Å²) in [6, 6.07) is 12.7. The summed E-state index contributed by atoms with van der Waals surface area (Å²) >= 11 is 0. The molecule has 0 amide bonds. The molecule has 0 bridgehead atoms. The Hall–Kier alpha value is -1.61. The van der Waals surface area contributed by atoms with Crippen LogP contribution in [0.3, 0.4) is 0 Å². The molecule has 1 aromatic carbocycles. The van der Waals surface area contributed by atoms with E-state index in [1.54, 1.807) is 0 Å². The predicted molar refractivity (Wildman–Crippen MR) is 75.9 cm³/mol. The summed E-state index contributed by atoms with van der Waals surface area (Å²) in [7, 11) is 0. The van der Waals surface area contributed by atoms with Crippen LogP contribution in [0.15, 0.2) is 36.4 Å². The van der Waals surface area contributed by atoms with E-state index in [0.717, 1.165) is 29.7 Å². The summed E-state index contributed by atoms with van der Waals surface area (Å²) in [4.78, 5) is 6.92. The van der Waals surface area contributed by atoms with Crippen LogP contribution in [0.25, 0.3) is 10.9 Å². The molecular weight excluding hydrogens is 224 g/mol. The summed E-state index contributed by atoms with van der Waals surface area (Å²) in [6.45, 7) is 5.35. The molecule has 2 rings (SSSR count). The van der Waals surface area contributed by atoms with E-state index in [9.17, 15) is 0 Å². The van der Waals surface area contributed by atoms with Crippen LogP contribution in [0, 0.1) is 0 Å². The number of nitrogens with zero attached hydrogens (tertiary/aromatic N) is 2. The summed E-state index contributed by atoms with van der Waals surface area (Å²) in [5, 5.41) is 10.1. The third-order valence-corrected chi connectivity index (χ3v) is 3.06. The minimum Gasteiger partial charge on any atom is -0.396 e. The summed E-state index contributed by atoms with van der Waals surface area (Å²) in [5.41, 5.74) is 1.02. The van der Waals surface area contributed by atoms with Crippen LogP contribution in [-0.4, -0.2) is 29.3 Å². The van der Waals surface area contributed by atoms with E-state index in [1.807, 2.05) is 18.2 Å². The van der Waals surface area contributed by atoms with Gasteiger partial charge in [-0.3, -0.25) is 0 Å². The molecule has 0 unspecified atom stereocenters. The predicted octanol–water partition coefficient (Wildman–Crippen LogP) is 2.83. The number of pyridine rings is 1. The lowest BCUT2D eigenvalue weighted by atomic mass is 10.2. The van der Waals surface area contributed by atoms with E-state index >= 15 is 0 Å². The molecule has 0 saturated carbocycles. The quantitative estimate of drug-likeness (QED) is 0.878. The third-order valence-electron chi connectivity index (χ3n) is 3.06. The van der Waals surface area contributed by atoms with Gasteiger partial charge in [-0.15, -0.1) is 0 Å². The Morgan fingerprint density at radius 1 is 1.17 bits per heavy atom. The summed E-state index contributed by atoms with van der Waals surface area (Å²) < 4.78 is 0. The van der Waals surface area contributed by atoms with Gasteiger partial charge >= 0.3 is 0 Å². The van der Waals surface area contributed by atoms with E-state index in [-0.39, 0.29) is 6.61 Å². The van der Waals surface area contributed by atoms with E-state index in [0.29, 0.717) is 6.04 Å². The highest BCUT2D eigenvalue weighted by molar-refractivity contribution is 5.80. The van der Waals surface area contributed by atoms with Gasteiger partial charge in [0.25, 0.3) is 0 Å². The average molecular weight is 244 g/mol. The Bertz CT molecular complexity index is 511. The van der Waals surface area contributed by atoms with Crippen LogP contribution in [0.5, 0.6) is 0 Å². The first kappa shape index (κ1) is 12.8. The second kappa shape index (κ2) is 5.83. The SMILES string of the molecule is CC(C)N(CCCO)c1ccc2ccccc2n1. The standard InChI is InChI=1S/C15H20N2O/c1-12(2)17(10-5-11-18)15-9-8-13-6-3-4-7-14(13)16-15/h3-4,6-9,12,18H,5,10-11H2,1-2H3. The van der Waals surface area contributed by atoms with Gasteiger partial charge in [0.15, 0.2) is 0 Å². The fourth-order valence-corrected chi connectivity index (χ4v) is 2.09. The van der Waals surface area contributed by atoms with Crippen molar-refractivity contribution in [3.8, 4) is 0 Å². The van der Waals surface area contributed by atoms with Gasteiger partial charge in [-0.05, 0) is 38.5 Å². The van der Waals surface area contributed by atoms with Crippen molar-refractivity contribution in [2.75, 3.05) is 18.1 Å². The van der Waals surface area contributed by atoms with Gasteiger partial charge in [-0.1, -0.05) is 18.2 Å². The number of aromatic nitrogens is 1. The van der Waals surface area contributed by atoms with Crippen LogP contribution < -0.4 is 4.90 Å². The number of rotatable bonds is 5. The number of para-hydroxylation sites is 1. The second-order valence-corrected chi connectivity index (χ2v) is 4.73. The van der Waals surface area contributed by atoms with Gasteiger partial charge in [0.05, 0.1) is 5.52 Å². The van der Waals surface area contributed by atoms with Crippen LogP contribution in [0.4, 0.5) is 5.82 Å². The maximum atomic E-state index is 8.97. The first-order chi connectivity index (χ1) is 8.72. The number of hydrogen-bond acceptors (Lipinski definition) is 3. The molecule has 1 N–H and O–H groups in total. The minimum absolute atomic E-state index is 0.219. The molecule has 96 valence electrons. The Balaban J connectivity index is 2.32. The monoisotopic (exact) mass is 244 g/mol. The molecule has 0 atom stereocenters. The van der Waals surface area contributed by atoms with Crippen LogP contribution in [0.2, 0.25) is 0 Å². The van der Waals surface area contributed by atoms with Crippen molar-refractivity contribution < 1.29 is 5.11 Å². The molecule has 1 aromatic heterocycles. The van der Waals surface area contributed by atoms with Crippen molar-refractivity contribution in [2.45, 2.75) is 26.3 Å². The lowest BCUT2D eigenvalue weighted by Gasteiger charge is -2.27. The van der Waals surface area contributed by atoms with Gasteiger partial charge in [0.2, 0.25) is 0 Å². The van der Waals surface area contributed by atoms with Crippen LogP contribution in [0.1, 0.15) is 20.3 Å². The van der Waals surface area contributed by atoms with E-state index in [4.69, 9.17) is 10.1 Å². The highest BCUT2D eigenvalue weighted by atomic mass is 16.3. The number of fused-ring (bicyclic) bond motifs is 1. The minimum atomic E-state index is 0.219. The highest BCUT2D eigenvalue weighted by Crippen LogP contribution is 2.19. The molecule has 3 nitrogen and oxygen atoms in total. The summed E-state index contributed by atoms with van der Waals surface area (Å²) in [6.07, 6.45) is 0.771. The Morgan fingerprint density at radius 3 is 2.67 bits per heavy atom. The van der Waals surface area contributed by atoms with Gasteiger partial charge in [0.1, 0.15) is 5.82 Å². The zero-order chi connectivity index (χ0) is 13.0. The van der Waals surface area contributed by atoms with Crippen molar-refractivity contribution >= 4 is 16.7 Å². The number of hydrogen-bond donors (Lipinski definition) is 1. The van der Waals surface area contributed by atoms with Crippen molar-refractivity contribution in [1.82, 2.24) is 4.98 Å². The van der Waals surface area contributed by atoms with E-state index in [1.165, 1.54) is 0 Å². The molecule has 18 heavy (non-hydrogen) atoms.